The molecule has 3 rings (SSSR count). The second kappa shape index (κ2) is 10.6. The molecule has 0 aliphatic carbocycles. The van der Waals surface area contributed by atoms with Crippen molar-refractivity contribution in [2.75, 3.05) is 20.8 Å². The fourth-order valence-electron chi connectivity index (χ4n) is 3.44. The molecule has 30 heavy (non-hydrogen) atoms. The number of carbonyl (C=O) groups excluding carboxylic acids is 1. The predicted molar refractivity (Wildman–Crippen MR) is 120 cm³/mol. The van der Waals surface area contributed by atoms with Crippen molar-refractivity contribution < 1.29 is 14.3 Å². The van der Waals surface area contributed by atoms with Gasteiger partial charge in [-0.05, 0) is 30.2 Å². The van der Waals surface area contributed by atoms with Gasteiger partial charge in [0.2, 0.25) is 0 Å². The van der Waals surface area contributed by atoms with Crippen LogP contribution in [0.2, 0.25) is 0 Å². The lowest BCUT2D eigenvalue weighted by molar-refractivity contribution is 0.0960. The number of benzene rings is 3. The monoisotopic (exact) mass is 403 g/mol. The number of hydrogen-bond acceptors (Lipinski definition) is 4. The molecule has 4 nitrogen and oxygen atoms in total. The van der Waals surface area contributed by atoms with Gasteiger partial charge in [0.1, 0.15) is 0 Å². The van der Waals surface area contributed by atoms with Crippen LogP contribution < -0.4 is 9.47 Å². The summed E-state index contributed by atoms with van der Waals surface area (Å²) in [6.07, 6.45) is 0.475. The Bertz CT molecular complexity index is 952. The van der Waals surface area contributed by atoms with Gasteiger partial charge in [0.05, 0.1) is 14.2 Å². The van der Waals surface area contributed by atoms with Crippen molar-refractivity contribution in [2.24, 2.45) is 0 Å². The van der Waals surface area contributed by atoms with E-state index in [0.29, 0.717) is 24.5 Å². The third kappa shape index (κ3) is 5.94. The third-order valence-corrected chi connectivity index (χ3v) is 5.13. The number of carbonyl (C=O) groups is 1. The third-order valence-electron chi connectivity index (χ3n) is 5.13. The Labute approximate surface area is 179 Å². The van der Waals surface area contributed by atoms with E-state index in [4.69, 9.17) is 9.47 Å². The number of methoxy groups -OCH3 is 2. The summed E-state index contributed by atoms with van der Waals surface area (Å²) in [5.74, 6) is 1.59. The summed E-state index contributed by atoms with van der Waals surface area (Å²) in [4.78, 5) is 15.0. The molecule has 0 spiro atoms. The molecule has 156 valence electrons. The summed E-state index contributed by atoms with van der Waals surface area (Å²) in [6.45, 7) is 4.20. The summed E-state index contributed by atoms with van der Waals surface area (Å²) >= 11 is 0. The van der Waals surface area contributed by atoms with Crippen molar-refractivity contribution in [3.8, 4) is 11.5 Å². The number of nitrogens with zero attached hydrogens (tertiary/aromatic N) is 1. The van der Waals surface area contributed by atoms with Crippen molar-refractivity contribution in [2.45, 2.75) is 26.4 Å². The average molecular weight is 404 g/mol. The summed E-state index contributed by atoms with van der Waals surface area (Å²) in [6, 6.07) is 24.1. The molecule has 0 radical (unpaired) electrons. The zero-order valence-corrected chi connectivity index (χ0v) is 17.9. The lowest BCUT2D eigenvalue weighted by Gasteiger charge is -2.23. The molecule has 0 bridgehead atoms. The fraction of sp³-hybridized carbons (Fsp3) is 0.269. The lowest BCUT2D eigenvalue weighted by atomic mass is 10.1. The van der Waals surface area contributed by atoms with E-state index in [1.807, 2.05) is 67.6 Å². The molecular weight excluding hydrogens is 374 g/mol. The van der Waals surface area contributed by atoms with Crippen molar-refractivity contribution in [3.05, 3.63) is 95.1 Å². The SMILES string of the molecule is COc1ccc(CN(CCC(=O)c2ccc(C)cc2)Cc2ccccc2)cc1OC. The molecule has 0 aromatic heterocycles. The maximum atomic E-state index is 12.7. The Hall–Kier alpha value is -3.11. The van der Waals surface area contributed by atoms with Crippen molar-refractivity contribution in [1.29, 1.82) is 0 Å². The van der Waals surface area contributed by atoms with Gasteiger partial charge in [-0.3, -0.25) is 9.69 Å². The number of ether oxygens (including phenoxy) is 2. The Morgan fingerprint density at radius 2 is 1.47 bits per heavy atom. The smallest absolute Gasteiger partial charge is 0.164 e. The van der Waals surface area contributed by atoms with Crippen molar-refractivity contribution >= 4 is 5.78 Å². The average Bonchev–Trinajstić information content (AvgIpc) is 2.78. The number of Topliss-reactive ketones (excluding diaryl/α,β-unsaturated/α-hetero) is 1. The van der Waals surface area contributed by atoms with Crippen LogP contribution in [0.5, 0.6) is 11.5 Å². The molecule has 0 saturated heterocycles. The van der Waals surface area contributed by atoms with Gasteiger partial charge in [-0.25, -0.2) is 0 Å². The topological polar surface area (TPSA) is 38.8 Å². The van der Waals surface area contributed by atoms with Crippen LogP contribution in [0.25, 0.3) is 0 Å². The Kier molecular flexibility index (Phi) is 7.63. The molecule has 3 aromatic carbocycles. The highest BCUT2D eigenvalue weighted by molar-refractivity contribution is 5.96. The molecule has 0 fully saturated rings. The zero-order chi connectivity index (χ0) is 21.3. The van der Waals surface area contributed by atoms with Gasteiger partial charge < -0.3 is 9.47 Å². The summed E-state index contributed by atoms with van der Waals surface area (Å²) in [5, 5.41) is 0. The van der Waals surface area contributed by atoms with Gasteiger partial charge in [-0.1, -0.05) is 66.2 Å². The van der Waals surface area contributed by atoms with Gasteiger partial charge in [0, 0.05) is 31.6 Å². The quantitative estimate of drug-likeness (QED) is 0.431. The first-order valence-corrected chi connectivity index (χ1v) is 10.2. The van der Waals surface area contributed by atoms with Crippen LogP contribution in [0, 0.1) is 6.92 Å². The van der Waals surface area contributed by atoms with Gasteiger partial charge >= 0.3 is 0 Å². The molecule has 4 heteroatoms. The highest BCUT2D eigenvalue weighted by Crippen LogP contribution is 2.28. The first-order valence-electron chi connectivity index (χ1n) is 10.2. The van der Waals surface area contributed by atoms with Gasteiger partial charge in [0.25, 0.3) is 0 Å². The van der Waals surface area contributed by atoms with Crippen LogP contribution in [0.15, 0.2) is 72.8 Å². The molecule has 0 aliphatic rings. The maximum Gasteiger partial charge on any atom is 0.164 e. The van der Waals surface area contributed by atoms with Gasteiger partial charge in [-0.2, -0.15) is 0 Å². The molecule has 0 amide bonds. The van der Waals surface area contributed by atoms with E-state index in [-0.39, 0.29) is 5.78 Å². The minimum atomic E-state index is 0.167. The minimum absolute atomic E-state index is 0.167. The van der Waals surface area contributed by atoms with E-state index < -0.39 is 0 Å². The Morgan fingerprint density at radius 3 is 2.13 bits per heavy atom. The maximum absolute atomic E-state index is 12.7. The van der Waals surface area contributed by atoms with Crippen LogP contribution in [0.1, 0.15) is 33.5 Å². The number of hydrogen-bond donors (Lipinski definition) is 0. The summed E-state index contributed by atoms with van der Waals surface area (Å²) < 4.78 is 10.8. The fourth-order valence-corrected chi connectivity index (χ4v) is 3.44. The second-order valence-corrected chi connectivity index (χ2v) is 7.42. The number of aryl methyl sites for hydroxylation is 1. The van der Waals surface area contributed by atoms with Crippen LogP contribution in [-0.4, -0.2) is 31.4 Å². The van der Waals surface area contributed by atoms with E-state index in [0.717, 1.165) is 29.8 Å². The molecule has 0 aliphatic heterocycles. The molecule has 0 atom stereocenters. The van der Waals surface area contributed by atoms with Crippen LogP contribution in [-0.2, 0) is 13.1 Å². The molecule has 0 unspecified atom stereocenters. The molecule has 0 N–H and O–H groups in total. The van der Waals surface area contributed by atoms with E-state index >= 15 is 0 Å². The highest BCUT2D eigenvalue weighted by Gasteiger charge is 2.13. The summed E-state index contributed by atoms with van der Waals surface area (Å²) in [7, 11) is 3.28. The van der Waals surface area contributed by atoms with E-state index in [2.05, 4.69) is 17.0 Å². The van der Waals surface area contributed by atoms with E-state index in [1.165, 1.54) is 5.56 Å². The largest absolute Gasteiger partial charge is 0.493 e. The van der Waals surface area contributed by atoms with Crippen molar-refractivity contribution in [3.63, 3.8) is 0 Å². The number of rotatable bonds is 10. The Balaban J connectivity index is 1.73. The molecule has 3 aromatic rings. The standard InChI is InChI=1S/C26H29NO3/c1-20-9-12-23(13-10-20)24(28)15-16-27(18-21-7-5-4-6-8-21)19-22-11-14-25(29-2)26(17-22)30-3/h4-14,17H,15-16,18-19H2,1-3H3. The Morgan fingerprint density at radius 1 is 0.800 bits per heavy atom. The minimum Gasteiger partial charge on any atom is -0.493 e. The normalized spacial score (nSPS) is 10.8. The first kappa shape index (κ1) is 21.6. The van der Waals surface area contributed by atoms with Crippen LogP contribution in [0.3, 0.4) is 0 Å². The van der Waals surface area contributed by atoms with Crippen molar-refractivity contribution in [1.82, 2.24) is 4.90 Å². The first-order chi connectivity index (χ1) is 14.6. The zero-order valence-electron chi connectivity index (χ0n) is 17.9. The van der Waals surface area contributed by atoms with Gasteiger partial charge in [-0.15, -0.1) is 0 Å². The predicted octanol–water partition coefficient (Wildman–Crippen LogP) is 5.29. The second-order valence-electron chi connectivity index (χ2n) is 7.42. The highest BCUT2D eigenvalue weighted by atomic mass is 16.5. The van der Waals surface area contributed by atoms with E-state index in [9.17, 15) is 4.79 Å². The molecule has 0 heterocycles. The molecular formula is C26H29NO3. The number of ketones is 1. The molecule has 0 saturated carbocycles. The van der Waals surface area contributed by atoms with Crippen LogP contribution in [0.4, 0.5) is 0 Å². The lowest BCUT2D eigenvalue weighted by Crippen LogP contribution is -2.25. The van der Waals surface area contributed by atoms with Gasteiger partial charge in [0.15, 0.2) is 17.3 Å². The van der Waals surface area contributed by atoms with E-state index in [1.54, 1.807) is 14.2 Å². The van der Waals surface area contributed by atoms with Crippen LogP contribution >= 0.6 is 0 Å². The summed E-state index contributed by atoms with van der Waals surface area (Å²) in [5.41, 5.74) is 4.27.